The lowest BCUT2D eigenvalue weighted by molar-refractivity contribution is 0.0908. The van der Waals surface area contributed by atoms with E-state index in [1.165, 1.54) is 0 Å². The number of aryl methyl sites for hydroxylation is 1. The first-order chi connectivity index (χ1) is 9.47. The molecule has 0 heterocycles. The summed E-state index contributed by atoms with van der Waals surface area (Å²) in [6, 6.07) is 5.19. The summed E-state index contributed by atoms with van der Waals surface area (Å²) in [5, 5.41) is 12.2. The molecule has 0 aliphatic rings. The summed E-state index contributed by atoms with van der Waals surface area (Å²) >= 11 is 0. The van der Waals surface area contributed by atoms with Crippen molar-refractivity contribution >= 4 is 5.91 Å². The fourth-order valence-corrected chi connectivity index (χ4v) is 2.07. The van der Waals surface area contributed by atoms with Gasteiger partial charge in [-0.1, -0.05) is 19.9 Å². The Morgan fingerprint density at radius 3 is 2.65 bits per heavy atom. The molecular weight excluding hydrogens is 254 g/mol. The summed E-state index contributed by atoms with van der Waals surface area (Å²) < 4.78 is 5.49. The molecule has 4 heteroatoms. The molecule has 1 aromatic rings. The Hall–Kier alpha value is -1.55. The fourth-order valence-electron chi connectivity index (χ4n) is 2.07. The lowest BCUT2D eigenvalue weighted by Gasteiger charge is -2.18. The van der Waals surface area contributed by atoms with Crippen LogP contribution in [0.25, 0.3) is 0 Å². The highest BCUT2D eigenvalue weighted by Crippen LogP contribution is 2.19. The highest BCUT2D eigenvalue weighted by atomic mass is 16.5. The van der Waals surface area contributed by atoms with Gasteiger partial charge in [0.05, 0.1) is 19.3 Å². The normalized spacial score (nSPS) is 12.3. The summed E-state index contributed by atoms with van der Waals surface area (Å²) in [6.45, 7) is 8.51. The molecule has 20 heavy (non-hydrogen) atoms. The maximum Gasteiger partial charge on any atom is 0.251 e. The van der Waals surface area contributed by atoms with Gasteiger partial charge in [-0.15, -0.1) is 0 Å². The van der Waals surface area contributed by atoms with E-state index in [9.17, 15) is 9.90 Å². The number of aliphatic hydroxyl groups is 1. The van der Waals surface area contributed by atoms with Gasteiger partial charge in [-0.05, 0) is 43.9 Å². The Morgan fingerprint density at radius 2 is 2.10 bits per heavy atom. The van der Waals surface area contributed by atoms with E-state index in [-0.39, 0.29) is 18.6 Å². The number of hydrogen-bond donors (Lipinski definition) is 2. The number of benzene rings is 1. The van der Waals surface area contributed by atoms with Crippen LogP contribution in [0.5, 0.6) is 5.75 Å². The fraction of sp³-hybridized carbons (Fsp3) is 0.562. The van der Waals surface area contributed by atoms with E-state index in [0.717, 1.165) is 17.7 Å². The smallest absolute Gasteiger partial charge is 0.251 e. The van der Waals surface area contributed by atoms with E-state index in [0.29, 0.717) is 18.1 Å². The number of carbonyl (C=O) groups excluding carboxylic acids is 1. The predicted octanol–water partition coefficient (Wildman–Crippen LogP) is 2.53. The van der Waals surface area contributed by atoms with E-state index in [1.54, 1.807) is 12.1 Å². The second-order valence-electron chi connectivity index (χ2n) is 5.40. The molecule has 0 aliphatic heterocycles. The molecule has 0 radical (unpaired) electrons. The summed E-state index contributed by atoms with van der Waals surface area (Å²) in [7, 11) is 0. The number of hydrogen-bond acceptors (Lipinski definition) is 3. The number of rotatable bonds is 7. The number of aliphatic hydroxyl groups excluding tert-OH is 1. The van der Waals surface area contributed by atoms with Crippen molar-refractivity contribution < 1.29 is 14.6 Å². The summed E-state index contributed by atoms with van der Waals surface area (Å²) in [5.74, 6) is 0.972. The van der Waals surface area contributed by atoms with Gasteiger partial charge in [-0.3, -0.25) is 4.79 Å². The first-order valence-corrected chi connectivity index (χ1v) is 7.13. The molecular formula is C16H25NO3. The van der Waals surface area contributed by atoms with Crippen LogP contribution < -0.4 is 10.1 Å². The van der Waals surface area contributed by atoms with Crippen LogP contribution in [0.4, 0.5) is 0 Å². The standard InChI is InChI=1S/C16H25NO3/c1-5-20-15-9-13(7-6-12(15)4)16(19)17-14(10-18)8-11(2)3/h6-7,9,11,14,18H,5,8,10H2,1-4H3,(H,17,19). The Bertz CT molecular complexity index is 443. The van der Waals surface area contributed by atoms with Gasteiger partial charge in [0.25, 0.3) is 5.91 Å². The monoisotopic (exact) mass is 279 g/mol. The van der Waals surface area contributed by atoms with Crippen molar-refractivity contribution in [2.24, 2.45) is 5.92 Å². The van der Waals surface area contributed by atoms with E-state index >= 15 is 0 Å². The van der Waals surface area contributed by atoms with E-state index < -0.39 is 0 Å². The van der Waals surface area contributed by atoms with Crippen molar-refractivity contribution in [3.8, 4) is 5.75 Å². The Kier molecular flexibility index (Phi) is 6.52. The average Bonchev–Trinajstić information content (AvgIpc) is 2.40. The Morgan fingerprint density at radius 1 is 1.40 bits per heavy atom. The van der Waals surface area contributed by atoms with Crippen LogP contribution in [-0.2, 0) is 0 Å². The second kappa shape index (κ2) is 7.90. The minimum absolute atomic E-state index is 0.0475. The third kappa shape index (κ3) is 4.85. The molecule has 0 saturated carbocycles. The maximum absolute atomic E-state index is 12.2. The lowest BCUT2D eigenvalue weighted by Crippen LogP contribution is -2.38. The minimum atomic E-state index is -0.209. The third-order valence-corrected chi connectivity index (χ3v) is 3.06. The number of ether oxygens (including phenoxy) is 1. The highest BCUT2D eigenvalue weighted by molar-refractivity contribution is 5.94. The molecule has 0 bridgehead atoms. The summed E-state index contributed by atoms with van der Waals surface area (Å²) in [6.07, 6.45) is 0.756. The minimum Gasteiger partial charge on any atom is -0.494 e. The third-order valence-electron chi connectivity index (χ3n) is 3.06. The summed E-state index contributed by atoms with van der Waals surface area (Å²) in [4.78, 5) is 12.2. The van der Waals surface area contributed by atoms with Crippen molar-refractivity contribution in [3.63, 3.8) is 0 Å². The lowest BCUT2D eigenvalue weighted by atomic mass is 10.0. The second-order valence-corrected chi connectivity index (χ2v) is 5.40. The largest absolute Gasteiger partial charge is 0.494 e. The van der Waals surface area contributed by atoms with Gasteiger partial charge in [0, 0.05) is 5.56 Å². The molecule has 1 amide bonds. The van der Waals surface area contributed by atoms with E-state index in [4.69, 9.17) is 4.74 Å². The molecule has 1 aromatic carbocycles. The van der Waals surface area contributed by atoms with Crippen molar-refractivity contribution in [3.05, 3.63) is 29.3 Å². The van der Waals surface area contributed by atoms with Crippen LogP contribution in [0.1, 0.15) is 43.1 Å². The molecule has 112 valence electrons. The zero-order chi connectivity index (χ0) is 15.1. The topological polar surface area (TPSA) is 58.6 Å². The Balaban J connectivity index is 2.78. The number of nitrogens with one attached hydrogen (secondary N) is 1. The molecule has 0 fully saturated rings. The molecule has 0 aliphatic carbocycles. The van der Waals surface area contributed by atoms with Crippen LogP contribution in [0.3, 0.4) is 0 Å². The molecule has 0 spiro atoms. The molecule has 1 rings (SSSR count). The highest BCUT2D eigenvalue weighted by Gasteiger charge is 2.15. The SMILES string of the molecule is CCOc1cc(C(=O)NC(CO)CC(C)C)ccc1C. The van der Waals surface area contributed by atoms with Crippen LogP contribution in [0, 0.1) is 12.8 Å². The molecule has 0 aromatic heterocycles. The van der Waals surface area contributed by atoms with E-state index in [2.05, 4.69) is 19.2 Å². The van der Waals surface area contributed by atoms with Gasteiger partial charge < -0.3 is 15.2 Å². The molecule has 4 nitrogen and oxygen atoms in total. The summed E-state index contributed by atoms with van der Waals surface area (Å²) in [5.41, 5.74) is 1.56. The zero-order valence-corrected chi connectivity index (χ0v) is 12.8. The van der Waals surface area contributed by atoms with Crippen LogP contribution in [0.15, 0.2) is 18.2 Å². The maximum atomic E-state index is 12.2. The van der Waals surface area contributed by atoms with Gasteiger partial charge in [-0.25, -0.2) is 0 Å². The van der Waals surface area contributed by atoms with Crippen molar-refractivity contribution in [1.82, 2.24) is 5.32 Å². The first kappa shape index (κ1) is 16.5. The predicted molar refractivity (Wildman–Crippen MR) is 80.1 cm³/mol. The molecule has 1 unspecified atom stereocenters. The van der Waals surface area contributed by atoms with Crippen LogP contribution >= 0.6 is 0 Å². The van der Waals surface area contributed by atoms with Gasteiger partial charge in [0.1, 0.15) is 5.75 Å². The van der Waals surface area contributed by atoms with Crippen molar-refractivity contribution in [2.45, 2.75) is 40.2 Å². The molecule has 2 N–H and O–H groups in total. The quantitative estimate of drug-likeness (QED) is 0.806. The zero-order valence-electron chi connectivity index (χ0n) is 12.8. The van der Waals surface area contributed by atoms with Crippen molar-refractivity contribution in [2.75, 3.05) is 13.2 Å². The van der Waals surface area contributed by atoms with Crippen LogP contribution in [0.2, 0.25) is 0 Å². The molecule has 1 atom stereocenters. The number of carbonyl (C=O) groups is 1. The van der Waals surface area contributed by atoms with Crippen molar-refractivity contribution in [1.29, 1.82) is 0 Å². The molecule has 0 saturated heterocycles. The van der Waals surface area contributed by atoms with Crippen LogP contribution in [-0.4, -0.2) is 30.3 Å². The van der Waals surface area contributed by atoms with Gasteiger partial charge >= 0.3 is 0 Å². The number of amides is 1. The Labute approximate surface area is 121 Å². The first-order valence-electron chi connectivity index (χ1n) is 7.13. The van der Waals surface area contributed by atoms with Gasteiger partial charge in [0.2, 0.25) is 0 Å². The van der Waals surface area contributed by atoms with E-state index in [1.807, 2.05) is 19.9 Å². The average molecular weight is 279 g/mol. The van der Waals surface area contributed by atoms with Gasteiger partial charge in [-0.2, -0.15) is 0 Å². The van der Waals surface area contributed by atoms with Gasteiger partial charge in [0.15, 0.2) is 0 Å².